The van der Waals surface area contributed by atoms with Gasteiger partial charge in [0.2, 0.25) is 0 Å². The number of nitrogen functional groups attached to an aromatic ring is 1. The zero-order valence-electron chi connectivity index (χ0n) is 11.3. The smallest absolute Gasteiger partial charge is 0.256 e. The van der Waals surface area contributed by atoms with Crippen LogP contribution in [0.4, 0.5) is 5.69 Å². The van der Waals surface area contributed by atoms with E-state index in [1.54, 1.807) is 0 Å². The Hall–Kier alpha value is -1.51. The van der Waals surface area contributed by atoms with E-state index < -0.39 is 0 Å². The summed E-state index contributed by atoms with van der Waals surface area (Å²) in [5, 5.41) is 0. The van der Waals surface area contributed by atoms with E-state index in [0.717, 1.165) is 24.9 Å². The highest BCUT2D eigenvalue weighted by molar-refractivity contribution is 5.99. The summed E-state index contributed by atoms with van der Waals surface area (Å²) in [6, 6.07) is 5.98. The molecule has 1 heterocycles. The summed E-state index contributed by atoms with van der Waals surface area (Å²) in [4.78, 5) is 14.6. The lowest BCUT2D eigenvalue weighted by molar-refractivity contribution is 0.0699. The van der Waals surface area contributed by atoms with Crippen LogP contribution in [0.5, 0.6) is 0 Å². The van der Waals surface area contributed by atoms with Gasteiger partial charge in [0.25, 0.3) is 5.91 Å². The maximum Gasteiger partial charge on any atom is 0.256 e. The maximum atomic E-state index is 12.6. The van der Waals surface area contributed by atoms with E-state index in [1.165, 1.54) is 12.8 Å². The van der Waals surface area contributed by atoms with Crippen molar-refractivity contribution in [2.75, 3.05) is 12.3 Å². The molecular formula is C15H22N2O. The van der Waals surface area contributed by atoms with Crippen molar-refractivity contribution < 1.29 is 4.79 Å². The van der Waals surface area contributed by atoms with E-state index >= 15 is 0 Å². The molecule has 18 heavy (non-hydrogen) atoms. The first-order chi connectivity index (χ1) is 8.59. The van der Waals surface area contributed by atoms with E-state index in [9.17, 15) is 4.79 Å². The highest BCUT2D eigenvalue weighted by Crippen LogP contribution is 2.22. The standard InChI is InChI=1S/C15H22N2O/c1-11-7-8-14(16)13(10-11)15(18)17-9-5-3-4-6-12(17)2/h7-8,10,12H,3-6,9,16H2,1-2H3. The topological polar surface area (TPSA) is 46.3 Å². The van der Waals surface area contributed by atoms with Crippen LogP contribution in [0.2, 0.25) is 0 Å². The molecule has 1 atom stereocenters. The summed E-state index contributed by atoms with van der Waals surface area (Å²) >= 11 is 0. The van der Waals surface area contributed by atoms with Crippen LogP contribution in [0.15, 0.2) is 18.2 Å². The quantitative estimate of drug-likeness (QED) is 0.774. The number of carbonyl (C=O) groups is 1. The summed E-state index contributed by atoms with van der Waals surface area (Å²) in [7, 11) is 0. The molecule has 1 aliphatic heterocycles. The highest BCUT2D eigenvalue weighted by atomic mass is 16.2. The van der Waals surface area contributed by atoms with Crippen molar-refractivity contribution in [1.82, 2.24) is 4.90 Å². The van der Waals surface area contributed by atoms with Crippen LogP contribution in [0.1, 0.15) is 48.5 Å². The van der Waals surface area contributed by atoms with Crippen molar-refractivity contribution in [3.05, 3.63) is 29.3 Å². The monoisotopic (exact) mass is 246 g/mol. The van der Waals surface area contributed by atoms with Crippen LogP contribution in [-0.2, 0) is 0 Å². The minimum Gasteiger partial charge on any atom is -0.398 e. The highest BCUT2D eigenvalue weighted by Gasteiger charge is 2.24. The first-order valence-electron chi connectivity index (χ1n) is 6.76. The van der Waals surface area contributed by atoms with Crippen molar-refractivity contribution >= 4 is 11.6 Å². The lowest BCUT2D eigenvalue weighted by Gasteiger charge is -2.27. The third kappa shape index (κ3) is 2.66. The zero-order chi connectivity index (χ0) is 13.1. The molecule has 1 amide bonds. The van der Waals surface area contributed by atoms with Crippen molar-refractivity contribution in [2.24, 2.45) is 0 Å². The molecule has 1 aliphatic rings. The molecule has 3 nitrogen and oxygen atoms in total. The number of aryl methyl sites for hydroxylation is 1. The van der Waals surface area contributed by atoms with E-state index in [-0.39, 0.29) is 5.91 Å². The predicted octanol–water partition coefficient (Wildman–Crippen LogP) is 2.98. The van der Waals surface area contributed by atoms with E-state index in [4.69, 9.17) is 5.73 Å². The first kappa shape index (κ1) is 12.9. The van der Waals surface area contributed by atoms with Gasteiger partial charge in [-0.3, -0.25) is 4.79 Å². The number of likely N-dealkylation sites (tertiary alicyclic amines) is 1. The number of anilines is 1. The number of hydrogen-bond acceptors (Lipinski definition) is 2. The van der Waals surface area contributed by atoms with Crippen molar-refractivity contribution in [2.45, 2.75) is 45.6 Å². The number of hydrogen-bond donors (Lipinski definition) is 1. The molecular weight excluding hydrogens is 224 g/mol. The molecule has 0 saturated carbocycles. The molecule has 2 rings (SSSR count). The summed E-state index contributed by atoms with van der Waals surface area (Å²) in [5.74, 6) is 0.0885. The lowest BCUT2D eigenvalue weighted by Crippen LogP contribution is -2.38. The Morgan fingerprint density at radius 2 is 2.11 bits per heavy atom. The lowest BCUT2D eigenvalue weighted by atomic mass is 10.1. The van der Waals surface area contributed by atoms with Crippen molar-refractivity contribution in [1.29, 1.82) is 0 Å². The second-order valence-corrected chi connectivity index (χ2v) is 5.29. The molecule has 3 heteroatoms. The summed E-state index contributed by atoms with van der Waals surface area (Å²) < 4.78 is 0. The van der Waals surface area contributed by atoms with Crippen LogP contribution in [0.25, 0.3) is 0 Å². The molecule has 1 unspecified atom stereocenters. The van der Waals surface area contributed by atoms with E-state index in [2.05, 4.69) is 6.92 Å². The Labute approximate surface area is 109 Å². The van der Waals surface area contributed by atoms with Gasteiger partial charge in [-0.15, -0.1) is 0 Å². The van der Waals surface area contributed by atoms with Gasteiger partial charge in [-0.2, -0.15) is 0 Å². The molecule has 1 aromatic rings. The van der Waals surface area contributed by atoms with Crippen molar-refractivity contribution in [3.8, 4) is 0 Å². The predicted molar refractivity (Wildman–Crippen MR) is 74.6 cm³/mol. The van der Waals surface area contributed by atoms with Crippen LogP contribution in [0, 0.1) is 6.92 Å². The number of carbonyl (C=O) groups excluding carboxylic acids is 1. The normalized spacial score (nSPS) is 20.6. The maximum absolute atomic E-state index is 12.6. The Bertz CT molecular complexity index is 442. The molecule has 98 valence electrons. The van der Waals surface area contributed by atoms with E-state index in [0.29, 0.717) is 17.3 Å². The minimum atomic E-state index is 0.0885. The van der Waals surface area contributed by atoms with Gasteiger partial charge in [0, 0.05) is 18.3 Å². The fourth-order valence-corrected chi connectivity index (χ4v) is 2.59. The third-order valence-electron chi connectivity index (χ3n) is 3.75. The molecule has 0 bridgehead atoms. The number of rotatable bonds is 1. The Morgan fingerprint density at radius 1 is 1.33 bits per heavy atom. The fraction of sp³-hybridized carbons (Fsp3) is 0.533. The molecule has 1 aromatic carbocycles. The van der Waals surface area contributed by atoms with Gasteiger partial charge in [-0.1, -0.05) is 24.5 Å². The van der Waals surface area contributed by atoms with Crippen LogP contribution >= 0.6 is 0 Å². The number of nitrogens with zero attached hydrogens (tertiary/aromatic N) is 1. The summed E-state index contributed by atoms with van der Waals surface area (Å²) in [5.41, 5.74) is 8.25. The molecule has 0 aromatic heterocycles. The number of benzene rings is 1. The molecule has 1 fully saturated rings. The SMILES string of the molecule is Cc1ccc(N)c(C(=O)N2CCCCCC2C)c1. The molecule has 1 saturated heterocycles. The fourth-order valence-electron chi connectivity index (χ4n) is 2.59. The van der Waals surface area contributed by atoms with Gasteiger partial charge >= 0.3 is 0 Å². The average Bonchev–Trinajstić information content (AvgIpc) is 2.56. The minimum absolute atomic E-state index is 0.0885. The summed E-state index contributed by atoms with van der Waals surface area (Å²) in [6.45, 7) is 4.98. The van der Waals surface area contributed by atoms with Gasteiger partial charge < -0.3 is 10.6 Å². The molecule has 0 radical (unpaired) electrons. The summed E-state index contributed by atoms with van der Waals surface area (Å²) in [6.07, 6.45) is 4.63. The van der Waals surface area contributed by atoms with Gasteiger partial charge in [-0.05, 0) is 38.8 Å². The van der Waals surface area contributed by atoms with Crippen LogP contribution in [-0.4, -0.2) is 23.4 Å². The first-order valence-corrected chi connectivity index (χ1v) is 6.76. The van der Waals surface area contributed by atoms with Crippen molar-refractivity contribution in [3.63, 3.8) is 0 Å². The Balaban J connectivity index is 2.26. The number of nitrogens with two attached hydrogens (primary N) is 1. The zero-order valence-corrected chi connectivity index (χ0v) is 11.3. The van der Waals surface area contributed by atoms with Gasteiger partial charge in [0.15, 0.2) is 0 Å². The van der Waals surface area contributed by atoms with Gasteiger partial charge in [-0.25, -0.2) is 0 Å². The van der Waals surface area contributed by atoms with Gasteiger partial charge in [0.1, 0.15) is 0 Å². The van der Waals surface area contributed by atoms with Gasteiger partial charge in [0.05, 0.1) is 5.56 Å². The second kappa shape index (κ2) is 5.42. The van der Waals surface area contributed by atoms with Crippen LogP contribution in [0.3, 0.4) is 0 Å². The average molecular weight is 246 g/mol. The Morgan fingerprint density at radius 3 is 2.89 bits per heavy atom. The van der Waals surface area contributed by atoms with E-state index in [1.807, 2.05) is 30.0 Å². The molecule has 2 N–H and O–H groups in total. The second-order valence-electron chi connectivity index (χ2n) is 5.29. The Kier molecular flexibility index (Phi) is 3.90. The van der Waals surface area contributed by atoms with Crippen LogP contribution < -0.4 is 5.73 Å². The molecule has 0 spiro atoms. The molecule has 0 aliphatic carbocycles. The third-order valence-corrected chi connectivity index (χ3v) is 3.75. The largest absolute Gasteiger partial charge is 0.398 e. The number of amides is 1.